The topological polar surface area (TPSA) is 0 Å². The van der Waals surface area contributed by atoms with Gasteiger partial charge in [0, 0.05) is 0 Å². The van der Waals surface area contributed by atoms with Crippen molar-refractivity contribution in [3.8, 4) is 0 Å². The van der Waals surface area contributed by atoms with Crippen molar-refractivity contribution >= 4 is 11.8 Å². The van der Waals surface area contributed by atoms with Crippen molar-refractivity contribution in [1.29, 1.82) is 0 Å². The summed E-state index contributed by atoms with van der Waals surface area (Å²) in [6.07, 6.45) is 3.33. The van der Waals surface area contributed by atoms with E-state index in [1.54, 1.807) is 0 Å². The van der Waals surface area contributed by atoms with Crippen LogP contribution in [-0.2, 0) is 0 Å². The first-order valence-corrected chi connectivity index (χ1v) is 7.66. The monoisotopic (exact) mass is 254 g/mol. The zero-order valence-corrected chi connectivity index (χ0v) is 13.6. The standard InChI is InChI=1S/C16H30S/c1-9-14(16(6,7)8)13(2)10-11-17-12-15(3,4)5/h9H,2,10-12H2,1,3-8H3/b14-9+. The second kappa shape index (κ2) is 6.68. The van der Waals surface area contributed by atoms with Crippen molar-refractivity contribution in [2.45, 2.75) is 54.9 Å². The van der Waals surface area contributed by atoms with E-state index in [4.69, 9.17) is 0 Å². The first-order valence-electron chi connectivity index (χ1n) is 6.50. The first kappa shape index (κ1) is 16.8. The normalized spacial score (nSPS) is 13.9. The average Bonchev–Trinajstić information content (AvgIpc) is 2.09. The highest BCUT2D eigenvalue weighted by Crippen LogP contribution is 2.32. The Kier molecular flexibility index (Phi) is 6.61. The largest absolute Gasteiger partial charge is 0.161 e. The lowest BCUT2D eigenvalue weighted by Crippen LogP contribution is -2.12. The predicted octanol–water partition coefficient (Wildman–Crippen LogP) is 5.70. The van der Waals surface area contributed by atoms with Gasteiger partial charge in [-0.1, -0.05) is 59.8 Å². The molecule has 0 fully saturated rings. The Morgan fingerprint density at radius 1 is 1.12 bits per heavy atom. The maximum absolute atomic E-state index is 4.24. The van der Waals surface area contributed by atoms with Crippen LogP contribution < -0.4 is 0 Å². The molecular weight excluding hydrogens is 224 g/mol. The van der Waals surface area contributed by atoms with E-state index in [0.29, 0.717) is 5.41 Å². The van der Waals surface area contributed by atoms with Gasteiger partial charge in [0.05, 0.1) is 0 Å². The Morgan fingerprint density at radius 2 is 1.65 bits per heavy atom. The van der Waals surface area contributed by atoms with E-state index in [9.17, 15) is 0 Å². The molecule has 0 bridgehead atoms. The third-order valence-corrected chi connectivity index (χ3v) is 4.12. The average molecular weight is 254 g/mol. The minimum Gasteiger partial charge on any atom is -0.161 e. The zero-order valence-electron chi connectivity index (χ0n) is 12.8. The summed E-state index contributed by atoms with van der Waals surface area (Å²) in [7, 11) is 0. The van der Waals surface area contributed by atoms with Gasteiger partial charge in [0.1, 0.15) is 0 Å². The number of rotatable bonds is 5. The fourth-order valence-electron chi connectivity index (χ4n) is 1.88. The summed E-state index contributed by atoms with van der Waals surface area (Å²) in [5.74, 6) is 2.41. The molecule has 0 radical (unpaired) electrons. The number of thioether (sulfide) groups is 1. The van der Waals surface area contributed by atoms with Gasteiger partial charge in [-0.25, -0.2) is 0 Å². The molecule has 0 heterocycles. The molecule has 0 aromatic carbocycles. The molecule has 0 aliphatic carbocycles. The maximum Gasteiger partial charge on any atom is -0.00186 e. The molecule has 100 valence electrons. The minimum atomic E-state index is 0.223. The van der Waals surface area contributed by atoms with Gasteiger partial charge < -0.3 is 0 Å². The van der Waals surface area contributed by atoms with Gasteiger partial charge in [-0.3, -0.25) is 0 Å². The fraction of sp³-hybridized carbons (Fsp3) is 0.750. The molecule has 1 heteroatoms. The second-order valence-electron chi connectivity index (χ2n) is 6.92. The first-order chi connectivity index (χ1) is 7.58. The lowest BCUT2D eigenvalue weighted by molar-refractivity contribution is 0.480. The Bertz CT molecular complexity index is 271. The van der Waals surface area contributed by atoms with Crippen LogP contribution in [0.5, 0.6) is 0 Å². The third kappa shape index (κ3) is 7.70. The smallest absolute Gasteiger partial charge is 0.00186 e. The minimum absolute atomic E-state index is 0.223. The molecule has 0 saturated carbocycles. The Balaban J connectivity index is 4.12. The molecule has 0 spiro atoms. The molecule has 0 aromatic heterocycles. The van der Waals surface area contributed by atoms with Gasteiger partial charge in [-0.15, -0.1) is 0 Å². The molecular formula is C16H30S. The summed E-state index contributed by atoms with van der Waals surface area (Å²) in [5, 5.41) is 0. The lowest BCUT2D eigenvalue weighted by Gasteiger charge is -2.25. The summed E-state index contributed by atoms with van der Waals surface area (Å²) in [6, 6.07) is 0. The van der Waals surface area contributed by atoms with Crippen molar-refractivity contribution in [3.63, 3.8) is 0 Å². The second-order valence-corrected chi connectivity index (χ2v) is 8.02. The van der Waals surface area contributed by atoms with Crippen LogP contribution in [0.25, 0.3) is 0 Å². The van der Waals surface area contributed by atoms with Gasteiger partial charge in [0.15, 0.2) is 0 Å². The van der Waals surface area contributed by atoms with Crippen molar-refractivity contribution < 1.29 is 0 Å². The molecule has 0 amide bonds. The molecule has 0 rings (SSSR count). The quantitative estimate of drug-likeness (QED) is 0.447. The molecule has 0 aliphatic heterocycles. The van der Waals surface area contributed by atoms with Crippen LogP contribution in [0, 0.1) is 10.8 Å². The van der Waals surface area contributed by atoms with Gasteiger partial charge in [-0.2, -0.15) is 11.8 Å². The van der Waals surface area contributed by atoms with Crippen LogP contribution in [-0.4, -0.2) is 11.5 Å². The summed E-state index contributed by atoms with van der Waals surface area (Å²) in [5.41, 5.74) is 3.37. The fourth-order valence-corrected chi connectivity index (χ4v) is 3.02. The third-order valence-electron chi connectivity index (χ3n) is 2.56. The highest BCUT2D eigenvalue weighted by Gasteiger charge is 2.18. The summed E-state index contributed by atoms with van der Waals surface area (Å²) >= 11 is 2.04. The highest BCUT2D eigenvalue weighted by molar-refractivity contribution is 7.99. The number of allylic oxidation sites excluding steroid dienone is 3. The van der Waals surface area contributed by atoms with Gasteiger partial charge in [-0.05, 0) is 41.3 Å². The highest BCUT2D eigenvalue weighted by atomic mass is 32.2. The van der Waals surface area contributed by atoms with E-state index in [0.717, 1.165) is 6.42 Å². The molecule has 0 atom stereocenters. The van der Waals surface area contributed by atoms with Crippen molar-refractivity contribution in [2.24, 2.45) is 10.8 Å². The van der Waals surface area contributed by atoms with E-state index in [1.807, 2.05) is 11.8 Å². The van der Waals surface area contributed by atoms with Crippen LogP contribution in [0.2, 0.25) is 0 Å². The Morgan fingerprint density at radius 3 is 2.00 bits per heavy atom. The van der Waals surface area contributed by atoms with Crippen molar-refractivity contribution in [1.82, 2.24) is 0 Å². The van der Waals surface area contributed by atoms with Crippen LogP contribution in [0.4, 0.5) is 0 Å². The van der Waals surface area contributed by atoms with E-state index in [-0.39, 0.29) is 5.41 Å². The predicted molar refractivity (Wildman–Crippen MR) is 83.7 cm³/mol. The SMILES string of the molecule is C=C(CCSCC(C)(C)C)/C(=C\C)C(C)(C)C. The van der Waals surface area contributed by atoms with Crippen LogP contribution in [0.1, 0.15) is 54.9 Å². The molecule has 0 unspecified atom stereocenters. The van der Waals surface area contributed by atoms with E-state index in [1.165, 1.54) is 22.7 Å². The van der Waals surface area contributed by atoms with Crippen molar-refractivity contribution in [2.75, 3.05) is 11.5 Å². The maximum atomic E-state index is 4.24. The summed E-state index contributed by atoms with van der Waals surface area (Å²) in [6.45, 7) is 20.0. The lowest BCUT2D eigenvalue weighted by atomic mass is 9.81. The zero-order chi connectivity index (χ0) is 13.7. The molecule has 17 heavy (non-hydrogen) atoms. The van der Waals surface area contributed by atoms with Crippen LogP contribution in [0.15, 0.2) is 23.8 Å². The van der Waals surface area contributed by atoms with Gasteiger partial charge in [0.25, 0.3) is 0 Å². The Labute approximate surface area is 113 Å². The van der Waals surface area contributed by atoms with E-state index >= 15 is 0 Å². The molecule has 0 saturated heterocycles. The van der Waals surface area contributed by atoms with Crippen LogP contribution >= 0.6 is 11.8 Å². The molecule has 0 nitrogen and oxygen atoms in total. The molecule has 0 aromatic rings. The molecule has 0 N–H and O–H groups in total. The van der Waals surface area contributed by atoms with Gasteiger partial charge in [0.2, 0.25) is 0 Å². The summed E-state index contributed by atoms with van der Waals surface area (Å²) in [4.78, 5) is 0. The number of hydrogen-bond acceptors (Lipinski definition) is 1. The Hall–Kier alpha value is -0.170. The molecule has 0 aliphatic rings. The van der Waals surface area contributed by atoms with E-state index < -0.39 is 0 Å². The van der Waals surface area contributed by atoms with Crippen LogP contribution in [0.3, 0.4) is 0 Å². The van der Waals surface area contributed by atoms with E-state index in [2.05, 4.69) is 61.1 Å². The summed E-state index contributed by atoms with van der Waals surface area (Å²) < 4.78 is 0. The van der Waals surface area contributed by atoms with Gasteiger partial charge >= 0.3 is 0 Å². The number of hydrogen-bond donors (Lipinski definition) is 0. The van der Waals surface area contributed by atoms with Crippen molar-refractivity contribution in [3.05, 3.63) is 23.8 Å².